The zero-order valence-electron chi connectivity index (χ0n) is 16.2. The molecule has 0 bridgehead atoms. The third-order valence-electron chi connectivity index (χ3n) is 4.69. The van der Waals surface area contributed by atoms with Gasteiger partial charge in [0.2, 0.25) is 0 Å². The van der Waals surface area contributed by atoms with Gasteiger partial charge < -0.3 is 5.32 Å². The maximum atomic E-state index is 12.5. The van der Waals surface area contributed by atoms with Crippen LogP contribution in [0.15, 0.2) is 85.2 Å². The summed E-state index contributed by atoms with van der Waals surface area (Å²) in [5, 5.41) is 7.78. The van der Waals surface area contributed by atoms with Gasteiger partial charge in [0, 0.05) is 35.8 Å². The Morgan fingerprint density at radius 1 is 0.966 bits per heavy atom. The van der Waals surface area contributed by atoms with Crippen molar-refractivity contribution in [1.82, 2.24) is 20.1 Å². The van der Waals surface area contributed by atoms with E-state index in [1.165, 1.54) is 5.56 Å². The molecule has 5 nitrogen and oxygen atoms in total. The summed E-state index contributed by atoms with van der Waals surface area (Å²) in [4.78, 5) is 16.7. The largest absolute Gasteiger partial charge is 0.348 e. The molecule has 2 heterocycles. The quantitative estimate of drug-likeness (QED) is 0.543. The molecule has 4 aromatic rings. The van der Waals surface area contributed by atoms with Crippen LogP contribution in [0.4, 0.5) is 0 Å². The second-order valence-electron chi connectivity index (χ2n) is 6.92. The van der Waals surface area contributed by atoms with Crippen LogP contribution in [0.5, 0.6) is 0 Å². The lowest BCUT2D eigenvalue weighted by molar-refractivity contribution is 0.0950. The molecule has 0 radical (unpaired) electrons. The highest BCUT2D eigenvalue weighted by molar-refractivity contribution is 5.93. The molecule has 0 aliphatic carbocycles. The Hall–Kier alpha value is -3.73. The molecule has 0 spiro atoms. The number of aryl methyl sites for hydroxylation is 1. The van der Waals surface area contributed by atoms with E-state index in [1.54, 1.807) is 12.3 Å². The topological polar surface area (TPSA) is 59.8 Å². The molecule has 5 heteroatoms. The second kappa shape index (κ2) is 8.52. The summed E-state index contributed by atoms with van der Waals surface area (Å²) in [6.45, 7) is 2.97. The van der Waals surface area contributed by atoms with Gasteiger partial charge in [-0.05, 0) is 24.6 Å². The summed E-state index contributed by atoms with van der Waals surface area (Å²) in [6.07, 6.45) is 3.60. The number of aromatic nitrogens is 3. The Labute approximate surface area is 170 Å². The van der Waals surface area contributed by atoms with Gasteiger partial charge in [0.1, 0.15) is 0 Å². The number of carbonyl (C=O) groups is 1. The van der Waals surface area contributed by atoms with Crippen LogP contribution in [0.3, 0.4) is 0 Å². The number of benzene rings is 2. The third-order valence-corrected chi connectivity index (χ3v) is 4.69. The lowest BCUT2D eigenvalue weighted by Gasteiger charge is -2.06. The molecule has 0 saturated heterocycles. The zero-order valence-corrected chi connectivity index (χ0v) is 16.2. The molecule has 0 fully saturated rings. The van der Waals surface area contributed by atoms with Crippen LogP contribution in [0, 0.1) is 6.92 Å². The highest BCUT2D eigenvalue weighted by atomic mass is 16.1. The van der Waals surface area contributed by atoms with Gasteiger partial charge in [-0.15, -0.1) is 0 Å². The van der Waals surface area contributed by atoms with E-state index in [1.807, 2.05) is 72.4 Å². The molecule has 144 valence electrons. The standard InChI is InChI=1S/C24H22N4O/c1-18-12-13-21(14-25-18)24(29)26-15-22-17-28(16-19-8-4-2-5-9-19)27-23(22)20-10-6-3-7-11-20/h2-14,17H,15-16H2,1H3,(H,26,29). The van der Waals surface area contributed by atoms with E-state index in [9.17, 15) is 4.79 Å². The predicted molar refractivity (Wildman–Crippen MR) is 113 cm³/mol. The average molecular weight is 382 g/mol. The van der Waals surface area contributed by atoms with Crippen LogP contribution >= 0.6 is 0 Å². The molecule has 0 saturated carbocycles. The molecule has 0 atom stereocenters. The molecule has 2 aromatic carbocycles. The number of carbonyl (C=O) groups excluding carboxylic acids is 1. The fourth-order valence-electron chi connectivity index (χ4n) is 3.16. The van der Waals surface area contributed by atoms with Gasteiger partial charge in [-0.25, -0.2) is 0 Å². The molecular formula is C24H22N4O. The van der Waals surface area contributed by atoms with Crippen molar-refractivity contribution >= 4 is 5.91 Å². The first-order valence-corrected chi connectivity index (χ1v) is 9.55. The molecule has 1 N–H and O–H groups in total. The van der Waals surface area contributed by atoms with Gasteiger partial charge in [0.05, 0.1) is 17.8 Å². The van der Waals surface area contributed by atoms with Gasteiger partial charge in [0.25, 0.3) is 5.91 Å². The van der Waals surface area contributed by atoms with Gasteiger partial charge in [-0.2, -0.15) is 5.10 Å². The lowest BCUT2D eigenvalue weighted by atomic mass is 10.1. The van der Waals surface area contributed by atoms with Crippen molar-refractivity contribution in [2.45, 2.75) is 20.0 Å². The van der Waals surface area contributed by atoms with Crippen molar-refractivity contribution < 1.29 is 4.79 Å². The summed E-state index contributed by atoms with van der Waals surface area (Å²) >= 11 is 0. The molecule has 0 aliphatic rings. The first kappa shape index (κ1) is 18.6. The Kier molecular flexibility index (Phi) is 5.47. The minimum absolute atomic E-state index is 0.146. The molecule has 0 unspecified atom stereocenters. The van der Waals surface area contributed by atoms with E-state index in [-0.39, 0.29) is 5.91 Å². The minimum Gasteiger partial charge on any atom is -0.348 e. The molecule has 2 aromatic heterocycles. The van der Waals surface area contributed by atoms with E-state index >= 15 is 0 Å². The summed E-state index contributed by atoms with van der Waals surface area (Å²) in [7, 11) is 0. The van der Waals surface area contributed by atoms with E-state index in [2.05, 4.69) is 22.4 Å². The number of hydrogen-bond acceptors (Lipinski definition) is 3. The van der Waals surface area contributed by atoms with E-state index in [0.29, 0.717) is 18.7 Å². The Morgan fingerprint density at radius 2 is 1.69 bits per heavy atom. The summed E-state index contributed by atoms with van der Waals surface area (Å²) in [5.74, 6) is -0.146. The van der Waals surface area contributed by atoms with Crippen LogP contribution in [-0.4, -0.2) is 20.7 Å². The third kappa shape index (κ3) is 4.58. The Balaban J connectivity index is 1.57. The molecular weight excluding hydrogens is 360 g/mol. The number of nitrogens with zero attached hydrogens (tertiary/aromatic N) is 3. The van der Waals surface area contributed by atoms with Gasteiger partial charge in [-0.1, -0.05) is 60.7 Å². The van der Waals surface area contributed by atoms with E-state index in [4.69, 9.17) is 5.10 Å². The van der Waals surface area contributed by atoms with Crippen LogP contribution < -0.4 is 5.32 Å². The molecule has 4 rings (SSSR count). The highest BCUT2D eigenvalue weighted by Crippen LogP contribution is 2.22. The van der Waals surface area contributed by atoms with Gasteiger partial charge >= 0.3 is 0 Å². The normalized spacial score (nSPS) is 10.7. The number of amides is 1. The van der Waals surface area contributed by atoms with Crippen LogP contribution in [-0.2, 0) is 13.1 Å². The van der Waals surface area contributed by atoms with Gasteiger partial charge in [0.15, 0.2) is 0 Å². The monoisotopic (exact) mass is 382 g/mol. The van der Waals surface area contributed by atoms with Crippen molar-refractivity contribution in [3.8, 4) is 11.3 Å². The van der Waals surface area contributed by atoms with Crippen LogP contribution in [0.1, 0.15) is 27.2 Å². The average Bonchev–Trinajstić information content (AvgIpc) is 3.16. The molecule has 1 amide bonds. The maximum Gasteiger partial charge on any atom is 0.253 e. The van der Waals surface area contributed by atoms with Crippen molar-refractivity contribution in [2.75, 3.05) is 0 Å². The molecule has 0 aliphatic heterocycles. The first-order valence-electron chi connectivity index (χ1n) is 9.55. The van der Waals surface area contributed by atoms with Crippen LogP contribution in [0.25, 0.3) is 11.3 Å². The summed E-state index contributed by atoms with van der Waals surface area (Å²) in [5.41, 5.74) is 5.49. The van der Waals surface area contributed by atoms with Crippen LogP contribution in [0.2, 0.25) is 0 Å². The number of nitrogens with one attached hydrogen (secondary N) is 1. The smallest absolute Gasteiger partial charge is 0.253 e. The zero-order chi connectivity index (χ0) is 20.1. The van der Waals surface area contributed by atoms with E-state index < -0.39 is 0 Å². The summed E-state index contributed by atoms with van der Waals surface area (Å²) in [6, 6.07) is 23.9. The Bertz CT molecular complexity index is 1090. The lowest BCUT2D eigenvalue weighted by Crippen LogP contribution is -2.23. The second-order valence-corrected chi connectivity index (χ2v) is 6.92. The van der Waals surface area contributed by atoms with Crippen molar-refractivity contribution in [3.05, 3.63) is 108 Å². The maximum absolute atomic E-state index is 12.5. The van der Waals surface area contributed by atoms with Crippen molar-refractivity contribution in [3.63, 3.8) is 0 Å². The number of hydrogen-bond donors (Lipinski definition) is 1. The fraction of sp³-hybridized carbons (Fsp3) is 0.125. The number of pyridine rings is 1. The molecule has 29 heavy (non-hydrogen) atoms. The first-order chi connectivity index (χ1) is 14.2. The predicted octanol–water partition coefficient (Wildman–Crippen LogP) is 4.23. The number of rotatable bonds is 6. The summed E-state index contributed by atoms with van der Waals surface area (Å²) < 4.78 is 1.92. The Morgan fingerprint density at radius 3 is 2.38 bits per heavy atom. The van der Waals surface area contributed by atoms with Gasteiger partial charge in [-0.3, -0.25) is 14.5 Å². The van der Waals surface area contributed by atoms with E-state index in [0.717, 1.165) is 22.5 Å². The van der Waals surface area contributed by atoms with Crippen molar-refractivity contribution in [2.24, 2.45) is 0 Å². The minimum atomic E-state index is -0.146. The fourth-order valence-corrected chi connectivity index (χ4v) is 3.16. The van der Waals surface area contributed by atoms with Crippen molar-refractivity contribution in [1.29, 1.82) is 0 Å². The SMILES string of the molecule is Cc1ccc(C(=O)NCc2cn(Cc3ccccc3)nc2-c2ccccc2)cn1. The highest BCUT2D eigenvalue weighted by Gasteiger charge is 2.13.